The van der Waals surface area contributed by atoms with Gasteiger partial charge in [-0.3, -0.25) is 4.79 Å². The van der Waals surface area contributed by atoms with Crippen molar-refractivity contribution >= 4 is 11.9 Å². The van der Waals surface area contributed by atoms with Crippen LogP contribution in [0.25, 0.3) is 0 Å². The minimum Gasteiger partial charge on any atom is -0.479 e. The second-order valence-electron chi connectivity index (χ2n) is 4.87. The lowest BCUT2D eigenvalue weighted by Crippen LogP contribution is -2.37. The Kier molecular flexibility index (Phi) is 5.10. The van der Waals surface area contributed by atoms with Gasteiger partial charge in [-0.25, -0.2) is 4.79 Å². The molecule has 1 unspecified atom stereocenters. The van der Waals surface area contributed by atoms with E-state index in [-0.39, 0.29) is 5.91 Å². The first-order valence-electron chi connectivity index (χ1n) is 6.48. The topological polar surface area (TPSA) is 57.6 Å². The van der Waals surface area contributed by atoms with Gasteiger partial charge in [0, 0.05) is 13.5 Å². The van der Waals surface area contributed by atoms with Gasteiger partial charge in [0.15, 0.2) is 6.04 Å². The van der Waals surface area contributed by atoms with Crippen molar-refractivity contribution in [2.24, 2.45) is 0 Å². The maximum atomic E-state index is 11.5. The first-order valence-corrected chi connectivity index (χ1v) is 6.48. The number of carbonyl (C=O) groups is 2. The average molecular weight is 263 g/mol. The second-order valence-corrected chi connectivity index (χ2v) is 4.87. The zero-order valence-corrected chi connectivity index (χ0v) is 11.9. The van der Waals surface area contributed by atoms with Crippen LogP contribution in [-0.2, 0) is 9.59 Å². The van der Waals surface area contributed by atoms with Crippen LogP contribution >= 0.6 is 0 Å². The lowest BCUT2D eigenvalue weighted by Gasteiger charge is -2.27. The maximum absolute atomic E-state index is 11.5. The molecule has 1 aromatic rings. The van der Waals surface area contributed by atoms with E-state index in [1.807, 2.05) is 12.1 Å². The van der Waals surface area contributed by atoms with Crippen LogP contribution in [-0.4, -0.2) is 28.4 Å². The minimum absolute atomic E-state index is 0.233. The second kappa shape index (κ2) is 6.36. The van der Waals surface area contributed by atoms with Crippen LogP contribution < -0.4 is 0 Å². The number of carbonyl (C=O) groups excluding carboxylic acids is 1. The molecule has 0 heterocycles. The van der Waals surface area contributed by atoms with Crippen molar-refractivity contribution in [3.05, 3.63) is 35.4 Å². The van der Waals surface area contributed by atoms with E-state index in [4.69, 9.17) is 0 Å². The van der Waals surface area contributed by atoms with E-state index in [9.17, 15) is 14.7 Å². The standard InChI is InChI=1S/C15H21NO3/c1-5-16(11(4)17)14(15(18)19)13-8-6-12(7-9-13)10(2)3/h6-10,14H,5H2,1-4H3,(H,18,19). The number of nitrogens with zero attached hydrogens (tertiary/aromatic N) is 1. The van der Waals surface area contributed by atoms with Crippen LogP contribution in [0.5, 0.6) is 0 Å². The van der Waals surface area contributed by atoms with Crippen LogP contribution in [0.15, 0.2) is 24.3 Å². The highest BCUT2D eigenvalue weighted by Gasteiger charge is 2.28. The fourth-order valence-electron chi connectivity index (χ4n) is 2.11. The van der Waals surface area contributed by atoms with Crippen LogP contribution in [0.4, 0.5) is 0 Å². The van der Waals surface area contributed by atoms with Crippen molar-refractivity contribution in [2.45, 2.75) is 39.7 Å². The van der Waals surface area contributed by atoms with Gasteiger partial charge < -0.3 is 10.0 Å². The molecule has 0 bridgehead atoms. The molecule has 0 aliphatic heterocycles. The normalized spacial score (nSPS) is 12.3. The number of carboxylic acids is 1. The Balaban J connectivity index is 3.12. The quantitative estimate of drug-likeness (QED) is 0.888. The fourth-order valence-corrected chi connectivity index (χ4v) is 2.11. The van der Waals surface area contributed by atoms with Gasteiger partial charge in [0.25, 0.3) is 0 Å². The predicted molar refractivity (Wildman–Crippen MR) is 74.0 cm³/mol. The maximum Gasteiger partial charge on any atom is 0.331 e. The summed E-state index contributed by atoms with van der Waals surface area (Å²) >= 11 is 0. The third kappa shape index (κ3) is 3.56. The Hall–Kier alpha value is -1.84. The van der Waals surface area contributed by atoms with E-state index < -0.39 is 12.0 Å². The number of carboxylic acid groups (broad SMARTS) is 1. The average Bonchev–Trinajstić information content (AvgIpc) is 2.34. The van der Waals surface area contributed by atoms with Crippen molar-refractivity contribution in [1.29, 1.82) is 0 Å². The Bertz CT molecular complexity index is 451. The third-order valence-electron chi connectivity index (χ3n) is 3.21. The minimum atomic E-state index is -1.01. The van der Waals surface area contributed by atoms with E-state index in [0.717, 1.165) is 5.56 Å². The number of hydrogen-bond donors (Lipinski definition) is 1. The molecule has 1 rings (SSSR count). The number of hydrogen-bond acceptors (Lipinski definition) is 2. The fraction of sp³-hybridized carbons (Fsp3) is 0.467. The summed E-state index contributed by atoms with van der Waals surface area (Å²) in [5.41, 5.74) is 1.78. The molecule has 0 fully saturated rings. The monoisotopic (exact) mass is 263 g/mol. The highest BCUT2D eigenvalue weighted by Crippen LogP contribution is 2.23. The molecule has 1 atom stereocenters. The van der Waals surface area contributed by atoms with E-state index >= 15 is 0 Å². The summed E-state index contributed by atoms with van der Waals surface area (Å²) in [5, 5.41) is 9.36. The number of benzene rings is 1. The molecule has 1 aromatic carbocycles. The summed E-state index contributed by atoms with van der Waals surface area (Å²) in [6, 6.07) is 6.51. The molecular weight excluding hydrogens is 242 g/mol. The van der Waals surface area contributed by atoms with E-state index in [1.165, 1.54) is 11.8 Å². The largest absolute Gasteiger partial charge is 0.479 e. The van der Waals surface area contributed by atoms with Gasteiger partial charge in [0.1, 0.15) is 0 Å². The van der Waals surface area contributed by atoms with Crippen molar-refractivity contribution in [2.75, 3.05) is 6.54 Å². The van der Waals surface area contributed by atoms with Crippen molar-refractivity contribution in [3.63, 3.8) is 0 Å². The highest BCUT2D eigenvalue weighted by atomic mass is 16.4. The summed E-state index contributed by atoms with van der Waals surface area (Å²) < 4.78 is 0. The number of likely N-dealkylation sites (N-methyl/N-ethyl adjacent to an activating group) is 1. The first-order chi connectivity index (χ1) is 8.88. The van der Waals surface area contributed by atoms with E-state index in [1.54, 1.807) is 19.1 Å². The molecule has 0 aliphatic carbocycles. The summed E-state index contributed by atoms with van der Waals surface area (Å²) in [5.74, 6) is -0.843. The van der Waals surface area contributed by atoms with Gasteiger partial charge in [-0.1, -0.05) is 38.1 Å². The number of rotatable bonds is 5. The van der Waals surface area contributed by atoms with Crippen LogP contribution in [0.2, 0.25) is 0 Å². The third-order valence-corrected chi connectivity index (χ3v) is 3.21. The number of aliphatic carboxylic acids is 1. The van der Waals surface area contributed by atoms with E-state index in [0.29, 0.717) is 18.0 Å². The lowest BCUT2D eigenvalue weighted by atomic mass is 9.98. The van der Waals surface area contributed by atoms with Gasteiger partial charge in [-0.05, 0) is 24.0 Å². The molecule has 1 N–H and O–H groups in total. The molecule has 0 saturated heterocycles. The number of amides is 1. The Morgan fingerprint density at radius 1 is 1.16 bits per heavy atom. The molecule has 4 nitrogen and oxygen atoms in total. The van der Waals surface area contributed by atoms with Crippen molar-refractivity contribution in [3.8, 4) is 0 Å². The predicted octanol–water partition coefficient (Wildman–Crippen LogP) is 2.80. The summed E-state index contributed by atoms with van der Waals surface area (Å²) in [6.45, 7) is 7.70. The molecular formula is C15H21NO3. The summed E-state index contributed by atoms with van der Waals surface area (Å²) in [6.07, 6.45) is 0. The smallest absolute Gasteiger partial charge is 0.331 e. The first kappa shape index (κ1) is 15.2. The SMILES string of the molecule is CCN(C(C)=O)C(C(=O)O)c1ccc(C(C)C)cc1. The molecule has 19 heavy (non-hydrogen) atoms. The molecule has 0 aromatic heterocycles. The molecule has 104 valence electrons. The van der Waals surface area contributed by atoms with Crippen molar-refractivity contribution < 1.29 is 14.7 Å². The molecule has 4 heteroatoms. The highest BCUT2D eigenvalue weighted by molar-refractivity contribution is 5.83. The van der Waals surface area contributed by atoms with Gasteiger partial charge in [0.05, 0.1) is 0 Å². The zero-order valence-electron chi connectivity index (χ0n) is 11.9. The molecule has 0 saturated carbocycles. The Labute approximate surface area is 114 Å². The molecule has 0 radical (unpaired) electrons. The van der Waals surface area contributed by atoms with Crippen LogP contribution in [0.1, 0.15) is 50.8 Å². The van der Waals surface area contributed by atoms with E-state index in [2.05, 4.69) is 13.8 Å². The van der Waals surface area contributed by atoms with Gasteiger partial charge in [0.2, 0.25) is 5.91 Å². The lowest BCUT2D eigenvalue weighted by molar-refractivity contribution is -0.149. The van der Waals surface area contributed by atoms with Gasteiger partial charge in [-0.15, -0.1) is 0 Å². The van der Waals surface area contributed by atoms with Gasteiger partial charge >= 0.3 is 5.97 Å². The van der Waals surface area contributed by atoms with Crippen molar-refractivity contribution in [1.82, 2.24) is 4.90 Å². The van der Waals surface area contributed by atoms with Crippen LogP contribution in [0.3, 0.4) is 0 Å². The summed E-state index contributed by atoms with van der Waals surface area (Å²) in [7, 11) is 0. The Morgan fingerprint density at radius 3 is 1.95 bits per heavy atom. The molecule has 0 aliphatic rings. The Morgan fingerprint density at radius 2 is 1.63 bits per heavy atom. The van der Waals surface area contributed by atoms with Gasteiger partial charge in [-0.2, -0.15) is 0 Å². The summed E-state index contributed by atoms with van der Waals surface area (Å²) in [4.78, 5) is 24.3. The molecule has 1 amide bonds. The molecule has 0 spiro atoms. The zero-order chi connectivity index (χ0) is 14.6. The van der Waals surface area contributed by atoms with Crippen LogP contribution in [0, 0.1) is 0 Å².